The van der Waals surface area contributed by atoms with E-state index in [9.17, 15) is 9.59 Å². The van der Waals surface area contributed by atoms with E-state index in [1.54, 1.807) is 27.8 Å². The highest BCUT2D eigenvalue weighted by Gasteiger charge is 2.23. The second-order valence-electron chi connectivity index (χ2n) is 6.67. The Bertz CT molecular complexity index is 1010. The minimum absolute atomic E-state index is 0.0141. The predicted octanol–water partition coefficient (Wildman–Crippen LogP) is 3.17. The quantitative estimate of drug-likeness (QED) is 0.778. The van der Waals surface area contributed by atoms with E-state index in [1.807, 2.05) is 48.5 Å². The van der Waals surface area contributed by atoms with Crippen LogP contribution in [-0.2, 0) is 19.5 Å². The Morgan fingerprint density at radius 2 is 1.67 bits per heavy atom. The number of rotatable bonds is 4. The first-order valence-electron chi connectivity index (χ1n) is 9.07. The number of carbonyl (C=O) groups excluding carboxylic acids is 1. The molecule has 5 nitrogen and oxygen atoms in total. The maximum absolute atomic E-state index is 12.5. The van der Waals surface area contributed by atoms with Crippen LogP contribution < -0.4 is 15.8 Å². The fraction of sp³-hybridized carbons (Fsp3) is 0.182. The maximum atomic E-state index is 12.5. The molecule has 0 saturated heterocycles. The van der Waals surface area contributed by atoms with Gasteiger partial charge in [0.1, 0.15) is 0 Å². The Hall–Kier alpha value is -3.34. The summed E-state index contributed by atoms with van der Waals surface area (Å²) in [7, 11) is 0. The first-order chi connectivity index (χ1) is 13.2. The van der Waals surface area contributed by atoms with Crippen molar-refractivity contribution in [3.05, 3.63) is 100.0 Å². The van der Waals surface area contributed by atoms with Gasteiger partial charge in [-0.25, -0.2) is 4.79 Å². The van der Waals surface area contributed by atoms with Gasteiger partial charge in [-0.05, 0) is 35.2 Å². The second kappa shape index (κ2) is 7.50. The molecule has 2 aromatic carbocycles. The van der Waals surface area contributed by atoms with Crippen LogP contribution in [0.3, 0.4) is 0 Å². The normalized spacial score (nSPS) is 12.7. The minimum Gasteiger partial charge on any atom is -0.334 e. The zero-order valence-electron chi connectivity index (χ0n) is 15.0. The summed E-state index contributed by atoms with van der Waals surface area (Å²) in [4.78, 5) is 26.1. The number of nitrogens with zero attached hydrogens (tertiary/aromatic N) is 2. The average molecular weight is 359 g/mol. The molecule has 3 aromatic rings. The molecule has 0 aliphatic carbocycles. The molecule has 0 radical (unpaired) electrons. The number of amides is 2. The summed E-state index contributed by atoms with van der Waals surface area (Å²) in [6.07, 6.45) is 2.68. The molecule has 0 unspecified atom stereocenters. The zero-order chi connectivity index (χ0) is 18.6. The summed E-state index contributed by atoms with van der Waals surface area (Å²) in [6, 6.07) is 21.1. The van der Waals surface area contributed by atoms with E-state index < -0.39 is 0 Å². The Morgan fingerprint density at radius 1 is 0.926 bits per heavy atom. The molecule has 1 aromatic heterocycles. The number of fused-ring (bicyclic) bond motifs is 1. The lowest BCUT2D eigenvalue weighted by Crippen LogP contribution is -2.38. The monoisotopic (exact) mass is 359 g/mol. The number of hydrogen-bond donors (Lipinski definition) is 1. The SMILES string of the molecule is O=C(NCc1ccc(Cn2ccccc2=O)cc1)N1CCc2ccccc21. The molecule has 1 aliphatic heterocycles. The molecule has 136 valence electrons. The van der Waals surface area contributed by atoms with Crippen molar-refractivity contribution in [1.82, 2.24) is 9.88 Å². The van der Waals surface area contributed by atoms with Crippen LogP contribution in [0.2, 0.25) is 0 Å². The lowest BCUT2D eigenvalue weighted by atomic mass is 10.1. The molecule has 5 heteroatoms. The van der Waals surface area contributed by atoms with Crippen LogP contribution in [0.5, 0.6) is 0 Å². The van der Waals surface area contributed by atoms with E-state index >= 15 is 0 Å². The molecule has 0 atom stereocenters. The van der Waals surface area contributed by atoms with Crippen LogP contribution in [0.1, 0.15) is 16.7 Å². The molecule has 2 amide bonds. The Balaban J connectivity index is 1.36. The maximum Gasteiger partial charge on any atom is 0.322 e. The highest BCUT2D eigenvalue weighted by atomic mass is 16.2. The van der Waals surface area contributed by atoms with Crippen molar-refractivity contribution >= 4 is 11.7 Å². The van der Waals surface area contributed by atoms with Gasteiger partial charge in [-0.1, -0.05) is 48.5 Å². The number of pyridine rings is 1. The molecular weight excluding hydrogens is 338 g/mol. The van der Waals surface area contributed by atoms with Gasteiger partial charge in [-0.15, -0.1) is 0 Å². The van der Waals surface area contributed by atoms with Gasteiger partial charge in [0.2, 0.25) is 0 Å². The third-order valence-corrected chi connectivity index (χ3v) is 4.85. The highest BCUT2D eigenvalue weighted by molar-refractivity contribution is 5.94. The van der Waals surface area contributed by atoms with Gasteiger partial charge in [0.05, 0.1) is 6.54 Å². The van der Waals surface area contributed by atoms with Gasteiger partial charge in [-0.3, -0.25) is 9.69 Å². The van der Waals surface area contributed by atoms with Crippen molar-refractivity contribution in [2.24, 2.45) is 0 Å². The second-order valence-corrected chi connectivity index (χ2v) is 6.67. The number of nitrogens with one attached hydrogen (secondary N) is 1. The topological polar surface area (TPSA) is 54.3 Å². The van der Waals surface area contributed by atoms with Crippen molar-refractivity contribution < 1.29 is 4.79 Å². The van der Waals surface area contributed by atoms with E-state index in [-0.39, 0.29) is 11.6 Å². The molecule has 4 rings (SSSR count). The number of hydrogen-bond acceptors (Lipinski definition) is 2. The molecule has 27 heavy (non-hydrogen) atoms. The molecule has 0 spiro atoms. The smallest absolute Gasteiger partial charge is 0.322 e. The van der Waals surface area contributed by atoms with Gasteiger partial charge >= 0.3 is 6.03 Å². The van der Waals surface area contributed by atoms with Crippen LogP contribution >= 0.6 is 0 Å². The summed E-state index contributed by atoms with van der Waals surface area (Å²) in [6.45, 7) is 1.73. The summed E-state index contributed by atoms with van der Waals surface area (Å²) in [5.74, 6) is 0. The Labute approximate surface area is 157 Å². The standard InChI is InChI=1S/C22H21N3O2/c26-21-7-3-4-13-24(21)16-18-10-8-17(9-11-18)15-23-22(27)25-14-12-19-5-1-2-6-20(19)25/h1-11,13H,12,14-16H2,(H,23,27). The lowest BCUT2D eigenvalue weighted by molar-refractivity contribution is 0.246. The third-order valence-electron chi connectivity index (χ3n) is 4.85. The first-order valence-corrected chi connectivity index (χ1v) is 9.07. The van der Waals surface area contributed by atoms with Crippen LogP contribution in [0.15, 0.2) is 77.7 Å². The number of carbonyl (C=O) groups is 1. The van der Waals surface area contributed by atoms with Crippen LogP contribution in [0.25, 0.3) is 0 Å². The van der Waals surface area contributed by atoms with Gasteiger partial charge in [0, 0.05) is 31.0 Å². The van der Waals surface area contributed by atoms with Crippen molar-refractivity contribution in [3.63, 3.8) is 0 Å². The van der Waals surface area contributed by atoms with Crippen molar-refractivity contribution in [1.29, 1.82) is 0 Å². The van der Waals surface area contributed by atoms with Crippen molar-refractivity contribution in [3.8, 4) is 0 Å². The van der Waals surface area contributed by atoms with Gasteiger partial charge in [-0.2, -0.15) is 0 Å². The molecule has 0 saturated carbocycles. The summed E-state index contributed by atoms with van der Waals surface area (Å²) >= 11 is 0. The predicted molar refractivity (Wildman–Crippen MR) is 106 cm³/mol. The first kappa shape index (κ1) is 17.1. The number of urea groups is 1. The number of anilines is 1. The molecule has 2 heterocycles. The largest absolute Gasteiger partial charge is 0.334 e. The van der Waals surface area contributed by atoms with Crippen molar-refractivity contribution in [2.45, 2.75) is 19.5 Å². The number of benzene rings is 2. The molecule has 1 N–H and O–H groups in total. The zero-order valence-corrected chi connectivity index (χ0v) is 15.0. The molecule has 1 aliphatic rings. The average Bonchev–Trinajstić information content (AvgIpc) is 3.13. The van der Waals surface area contributed by atoms with E-state index in [0.717, 1.165) is 29.8 Å². The summed E-state index contributed by atoms with van der Waals surface area (Å²) in [5, 5.41) is 2.99. The van der Waals surface area contributed by atoms with Crippen LogP contribution in [0, 0.1) is 0 Å². The summed E-state index contributed by atoms with van der Waals surface area (Å²) < 4.78 is 1.67. The van der Waals surface area contributed by atoms with Crippen LogP contribution in [-0.4, -0.2) is 17.1 Å². The summed E-state index contributed by atoms with van der Waals surface area (Å²) in [5.41, 5.74) is 4.28. The number of aromatic nitrogens is 1. The molecule has 0 fully saturated rings. The fourth-order valence-corrected chi connectivity index (χ4v) is 3.37. The van der Waals surface area contributed by atoms with E-state index in [4.69, 9.17) is 0 Å². The Morgan fingerprint density at radius 3 is 2.48 bits per heavy atom. The van der Waals surface area contributed by atoms with Gasteiger partial charge in [0.25, 0.3) is 5.56 Å². The fourth-order valence-electron chi connectivity index (χ4n) is 3.37. The third kappa shape index (κ3) is 3.77. The van der Waals surface area contributed by atoms with E-state index in [1.165, 1.54) is 5.56 Å². The number of para-hydroxylation sites is 1. The molecular formula is C22H21N3O2. The van der Waals surface area contributed by atoms with E-state index in [2.05, 4.69) is 11.4 Å². The van der Waals surface area contributed by atoms with Gasteiger partial charge in [0.15, 0.2) is 0 Å². The van der Waals surface area contributed by atoms with Crippen molar-refractivity contribution in [2.75, 3.05) is 11.4 Å². The minimum atomic E-state index is -0.0696. The van der Waals surface area contributed by atoms with Gasteiger partial charge < -0.3 is 9.88 Å². The highest BCUT2D eigenvalue weighted by Crippen LogP contribution is 2.27. The molecule has 0 bridgehead atoms. The Kier molecular flexibility index (Phi) is 4.75. The van der Waals surface area contributed by atoms with Crippen LogP contribution in [0.4, 0.5) is 10.5 Å². The lowest BCUT2D eigenvalue weighted by Gasteiger charge is -2.18. The van der Waals surface area contributed by atoms with E-state index in [0.29, 0.717) is 13.1 Å².